The normalized spacial score (nSPS) is 11.1. The lowest BCUT2D eigenvalue weighted by Gasteiger charge is -2.16. The average molecular weight is 275 g/mol. The van der Waals surface area contributed by atoms with Gasteiger partial charge in [-0.05, 0) is 44.9 Å². The zero-order chi connectivity index (χ0) is 14.7. The summed E-state index contributed by atoms with van der Waals surface area (Å²) in [4.78, 5) is 4.53. The number of aryl methyl sites for hydroxylation is 1. The van der Waals surface area contributed by atoms with Gasteiger partial charge in [-0.15, -0.1) is 0 Å². The van der Waals surface area contributed by atoms with Crippen LogP contribution in [0.5, 0.6) is 11.6 Å². The summed E-state index contributed by atoms with van der Waals surface area (Å²) in [7, 11) is 0. The van der Waals surface area contributed by atoms with Crippen LogP contribution in [-0.4, -0.2) is 22.8 Å². The van der Waals surface area contributed by atoms with Gasteiger partial charge in [0.1, 0.15) is 5.75 Å². The summed E-state index contributed by atoms with van der Waals surface area (Å²) >= 11 is 0. The Labute approximate surface area is 119 Å². The Morgan fingerprint density at radius 1 is 1.30 bits per heavy atom. The van der Waals surface area contributed by atoms with Crippen molar-refractivity contribution in [1.82, 2.24) is 4.98 Å². The highest BCUT2D eigenvalue weighted by atomic mass is 16.5. The van der Waals surface area contributed by atoms with Crippen LogP contribution in [0.3, 0.4) is 0 Å². The number of nitrogens with zero attached hydrogens (tertiary/aromatic N) is 1. The molecule has 0 unspecified atom stereocenters. The van der Waals surface area contributed by atoms with Gasteiger partial charge in [-0.3, -0.25) is 0 Å². The highest BCUT2D eigenvalue weighted by Crippen LogP contribution is 2.32. The molecule has 1 N–H and O–H groups in total. The van der Waals surface area contributed by atoms with E-state index in [2.05, 4.69) is 4.98 Å². The van der Waals surface area contributed by atoms with Crippen molar-refractivity contribution < 1.29 is 14.6 Å². The Morgan fingerprint density at radius 3 is 2.65 bits per heavy atom. The van der Waals surface area contributed by atoms with E-state index < -0.39 is 0 Å². The lowest BCUT2D eigenvalue weighted by atomic mass is 10.0. The van der Waals surface area contributed by atoms with Crippen LogP contribution in [0, 0.1) is 6.92 Å². The number of benzene rings is 1. The lowest BCUT2D eigenvalue weighted by Crippen LogP contribution is -2.07. The highest BCUT2D eigenvalue weighted by Gasteiger charge is 2.13. The molecule has 2 aromatic rings. The van der Waals surface area contributed by atoms with Crippen LogP contribution >= 0.6 is 0 Å². The van der Waals surface area contributed by atoms with E-state index in [1.165, 1.54) is 0 Å². The van der Waals surface area contributed by atoms with Crippen molar-refractivity contribution in [3.05, 3.63) is 29.3 Å². The molecule has 20 heavy (non-hydrogen) atoms. The van der Waals surface area contributed by atoms with E-state index in [1.54, 1.807) is 0 Å². The standard InChI is InChI=1S/C16H21NO3/c1-5-19-15-8-14(20-10(2)3)13-7-6-12(9-18)11(4)16(13)17-15/h6-8,10,18H,5,9H2,1-4H3. The summed E-state index contributed by atoms with van der Waals surface area (Å²) in [6.07, 6.45) is 0.0768. The van der Waals surface area contributed by atoms with Crippen molar-refractivity contribution in [2.24, 2.45) is 0 Å². The van der Waals surface area contributed by atoms with Crippen LogP contribution < -0.4 is 9.47 Å². The average Bonchev–Trinajstić information content (AvgIpc) is 2.40. The number of pyridine rings is 1. The molecular formula is C16H21NO3. The molecule has 0 aliphatic carbocycles. The topological polar surface area (TPSA) is 51.6 Å². The van der Waals surface area contributed by atoms with Crippen LogP contribution in [-0.2, 0) is 6.61 Å². The fraction of sp³-hybridized carbons (Fsp3) is 0.438. The van der Waals surface area contributed by atoms with Gasteiger partial charge in [-0.2, -0.15) is 0 Å². The zero-order valence-corrected chi connectivity index (χ0v) is 12.4. The summed E-state index contributed by atoms with van der Waals surface area (Å²) in [6.45, 7) is 8.41. The van der Waals surface area contributed by atoms with Crippen LogP contribution in [0.2, 0.25) is 0 Å². The Balaban J connectivity index is 2.66. The molecule has 0 amide bonds. The minimum Gasteiger partial charge on any atom is -0.490 e. The molecule has 2 rings (SSSR count). The van der Waals surface area contributed by atoms with Gasteiger partial charge in [-0.1, -0.05) is 6.07 Å². The second kappa shape index (κ2) is 6.09. The van der Waals surface area contributed by atoms with Crippen LogP contribution in [0.15, 0.2) is 18.2 Å². The molecule has 0 spiro atoms. The fourth-order valence-corrected chi connectivity index (χ4v) is 2.16. The Bertz CT molecular complexity index is 608. The SMILES string of the molecule is CCOc1cc(OC(C)C)c2ccc(CO)c(C)c2n1. The molecule has 1 heterocycles. The van der Waals surface area contributed by atoms with E-state index in [1.807, 2.05) is 45.9 Å². The molecule has 4 heteroatoms. The van der Waals surface area contributed by atoms with Gasteiger partial charge < -0.3 is 14.6 Å². The smallest absolute Gasteiger partial charge is 0.217 e. The molecule has 0 saturated heterocycles. The van der Waals surface area contributed by atoms with E-state index in [9.17, 15) is 5.11 Å². The number of aromatic nitrogens is 1. The first-order valence-corrected chi connectivity index (χ1v) is 6.90. The van der Waals surface area contributed by atoms with Crippen LogP contribution in [0.25, 0.3) is 10.9 Å². The van der Waals surface area contributed by atoms with Crippen molar-refractivity contribution in [1.29, 1.82) is 0 Å². The molecule has 4 nitrogen and oxygen atoms in total. The summed E-state index contributed by atoms with van der Waals surface area (Å²) in [5.74, 6) is 1.31. The highest BCUT2D eigenvalue weighted by molar-refractivity contribution is 5.89. The number of fused-ring (bicyclic) bond motifs is 1. The molecule has 108 valence electrons. The lowest BCUT2D eigenvalue weighted by molar-refractivity contribution is 0.243. The molecule has 0 bridgehead atoms. The predicted octanol–water partition coefficient (Wildman–Crippen LogP) is 3.22. The number of hydrogen-bond acceptors (Lipinski definition) is 4. The van der Waals surface area contributed by atoms with Gasteiger partial charge in [0.25, 0.3) is 0 Å². The third-order valence-electron chi connectivity index (χ3n) is 3.11. The van der Waals surface area contributed by atoms with Gasteiger partial charge in [-0.25, -0.2) is 4.98 Å². The van der Waals surface area contributed by atoms with Gasteiger partial charge >= 0.3 is 0 Å². The predicted molar refractivity (Wildman–Crippen MR) is 79.3 cm³/mol. The number of aliphatic hydroxyl groups is 1. The Morgan fingerprint density at radius 2 is 2.05 bits per heavy atom. The quantitative estimate of drug-likeness (QED) is 0.910. The van der Waals surface area contributed by atoms with Gasteiger partial charge in [0.2, 0.25) is 5.88 Å². The van der Waals surface area contributed by atoms with E-state index in [0.717, 1.165) is 27.8 Å². The van der Waals surface area contributed by atoms with Crippen molar-refractivity contribution >= 4 is 10.9 Å². The first-order valence-electron chi connectivity index (χ1n) is 6.90. The molecule has 0 aliphatic rings. The minimum atomic E-state index is 0.00267. The summed E-state index contributed by atoms with van der Waals surface area (Å²) in [5.41, 5.74) is 2.65. The minimum absolute atomic E-state index is 0.00267. The van der Waals surface area contributed by atoms with E-state index in [-0.39, 0.29) is 12.7 Å². The van der Waals surface area contributed by atoms with Crippen molar-refractivity contribution in [3.63, 3.8) is 0 Å². The van der Waals surface area contributed by atoms with Crippen LogP contribution in [0.1, 0.15) is 31.9 Å². The van der Waals surface area contributed by atoms with Crippen LogP contribution in [0.4, 0.5) is 0 Å². The first-order chi connectivity index (χ1) is 9.56. The maximum absolute atomic E-state index is 9.38. The molecule has 1 aromatic carbocycles. The molecule has 0 atom stereocenters. The summed E-state index contributed by atoms with van der Waals surface area (Å²) in [6, 6.07) is 5.67. The van der Waals surface area contributed by atoms with Gasteiger partial charge in [0, 0.05) is 11.5 Å². The second-order valence-corrected chi connectivity index (χ2v) is 4.96. The summed E-state index contributed by atoms with van der Waals surface area (Å²) < 4.78 is 11.4. The molecule has 0 radical (unpaired) electrons. The molecule has 1 aromatic heterocycles. The number of ether oxygens (including phenoxy) is 2. The Kier molecular flexibility index (Phi) is 4.45. The largest absolute Gasteiger partial charge is 0.490 e. The molecule has 0 saturated carbocycles. The maximum atomic E-state index is 9.38. The van der Waals surface area contributed by atoms with E-state index >= 15 is 0 Å². The van der Waals surface area contributed by atoms with Gasteiger partial charge in [0.15, 0.2) is 0 Å². The third-order valence-corrected chi connectivity index (χ3v) is 3.11. The first kappa shape index (κ1) is 14.6. The molecular weight excluding hydrogens is 254 g/mol. The number of rotatable bonds is 5. The van der Waals surface area contributed by atoms with Crippen molar-refractivity contribution in [3.8, 4) is 11.6 Å². The molecule has 0 fully saturated rings. The van der Waals surface area contributed by atoms with E-state index in [4.69, 9.17) is 9.47 Å². The molecule has 0 aliphatic heterocycles. The van der Waals surface area contributed by atoms with E-state index in [0.29, 0.717) is 12.5 Å². The second-order valence-electron chi connectivity index (χ2n) is 4.96. The fourth-order valence-electron chi connectivity index (χ4n) is 2.16. The Hall–Kier alpha value is -1.81. The maximum Gasteiger partial charge on any atom is 0.217 e. The number of hydrogen-bond donors (Lipinski definition) is 1. The van der Waals surface area contributed by atoms with Crippen molar-refractivity contribution in [2.45, 2.75) is 40.4 Å². The number of aliphatic hydroxyl groups excluding tert-OH is 1. The third kappa shape index (κ3) is 2.85. The summed E-state index contributed by atoms with van der Waals surface area (Å²) in [5, 5.41) is 10.3. The monoisotopic (exact) mass is 275 g/mol. The van der Waals surface area contributed by atoms with Crippen molar-refractivity contribution in [2.75, 3.05) is 6.61 Å². The van der Waals surface area contributed by atoms with Gasteiger partial charge in [0.05, 0.1) is 24.8 Å². The zero-order valence-electron chi connectivity index (χ0n) is 12.4.